The lowest BCUT2D eigenvalue weighted by Gasteiger charge is -2.11. The Balaban J connectivity index is 2.05. The fourth-order valence-corrected chi connectivity index (χ4v) is 2.27. The number of benzene rings is 2. The minimum Gasteiger partial charge on any atom is -0.484 e. The third-order valence-electron chi connectivity index (χ3n) is 3.91. The number of nitro groups is 1. The van der Waals surface area contributed by atoms with Gasteiger partial charge in [-0.15, -0.1) is 0 Å². The van der Waals surface area contributed by atoms with Gasteiger partial charge in [-0.05, 0) is 42.0 Å². The van der Waals surface area contributed by atoms with E-state index in [-0.39, 0.29) is 24.0 Å². The van der Waals surface area contributed by atoms with E-state index in [2.05, 4.69) is 5.32 Å². The highest BCUT2D eigenvalue weighted by atomic mass is 16.6. The molecule has 2 rings (SSSR count). The standard InChI is InChI=1S/C20H21N3O5/c1-21-17-10-4-14(12-18(17)23(26)27)5-11-19(24)15-6-8-16(9-7-15)28-13-20(25)22(2)3/h4-12,21H,13H2,1-3H3/b11-5+. The average Bonchev–Trinajstić information content (AvgIpc) is 2.70. The number of ether oxygens (including phenoxy) is 1. The molecular weight excluding hydrogens is 362 g/mol. The van der Waals surface area contributed by atoms with Gasteiger partial charge in [0.25, 0.3) is 11.6 Å². The fraction of sp³-hybridized carbons (Fsp3) is 0.200. The number of anilines is 1. The lowest BCUT2D eigenvalue weighted by Crippen LogP contribution is -2.27. The van der Waals surface area contributed by atoms with Gasteiger partial charge in [0.1, 0.15) is 11.4 Å². The van der Waals surface area contributed by atoms with E-state index in [9.17, 15) is 19.7 Å². The van der Waals surface area contributed by atoms with Crippen molar-refractivity contribution in [1.82, 2.24) is 4.90 Å². The summed E-state index contributed by atoms with van der Waals surface area (Å²) in [7, 11) is 4.88. The molecule has 146 valence electrons. The topological polar surface area (TPSA) is 102 Å². The number of carbonyl (C=O) groups is 2. The van der Waals surface area contributed by atoms with Crippen LogP contribution in [0.4, 0.5) is 11.4 Å². The van der Waals surface area contributed by atoms with Crippen molar-refractivity contribution in [2.75, 3.05) is 33.1 Å². The molecule has 1 N–H and O–H groups in total. The molecule has 0 aliphatic rings. The van der Waals surface area contributed by atoms with Gasteiger partial charge in [0.05, 0.1) is 4.92 Å². The molecule has 8 heteroatoms. The zero-order chi connectivity index (χ0) is 20.7. The number of ketones is 1. The second-order valence-electron chi connectivity index (χ2n) is 6.08. The van der Waals surface area contributed by atoms with Gasteiger partial charge < -0.3 is 15.0 Å². The predicted molar refractivity (Wildman–Crippen MR) is 107 cm³/mol. The maximum absolute atomic E-state index is 12.3. The van der Waals surface area contributed by atoms with Crippen LogP contribution in [0.5, 0.6) is 5.75 Å². The van der Waals surface area contributed by atoms with Crippen LogP contribution in [0, 0.1) is 10.1 Å². The highest BCUT2D eigenvalue weighted by Gasteiger charge is 2.12. The molecule has 0 spiro atoms. The number of nitrogens with one attached hydrogen (secondary N) is 1. The second kappa shape index (κ2) is 9.31. The quantitative estimate of drug-likeness (QED) is 0.325. The van der Waals surface area contributed by atoms with Gasteiger partial charge in [0.2, 0.25) is 0 Å². The molecule has 0 aliphatic heterocycles. The van der Waals surface area contributed by atoms with Gasteiger partial charge in [0, 0.05) is 32.8 Å². The monoisotopic (exact) mass is 383 g/mol. The highest BCUT2D eigenvalue weighted by Crippen LogP contribution is 2.25. The van der Waals surface area contributed by atoms with E-state index in [4.69, 9.17) is 4.74 Å². The van der Waals surface area contributed by atoms with Crippen molar-refractivity contribution < 1.29 is 19.2 Å². The van der Waals surface area contributed by atoms with E-state index in [0.717, 1.165) is 0 Å². The SMILES string of the molecule is CNc1ccc(/C=C/C(=O)c2ccc(OCC(=O)N(C)C)cc2)cc1[N+](=O)[O-]. The third kappa shape index (κ3) is 5.41. The maximum Gasteiger partial charge on any atom is 0.292 e. The smallest absolute Gasteiger partial charge is 0.292 e. The second-order valence-corrected chi connectivity index (χ2v) is 6.08. The van der Waals surface area contributed by atoms with Crippen LogP contribution in [-0.4, -0.2) is 49.3 Å². The van der Waals surface area contributed by atoms with Crippen LogP contribution in [0.1, 0.15) is 15.9 Å². The summed E-state index contributed by atoms with van der Waals surface area (Å²) in [5.74, 6) is 0.0618. The van der Waals surface area contributed by atoms with Gasteiger partial charge in [-0.3, -0.25) is 19.7 Å². The largest absolute Gasteiger partial charge is 0.484 e. The first-order valence-electron chi connectivity index (χ1n) is 8.43. The molecule has 0 aliphatic carbocycles. The van der Waals surface area contributed by atoms with Gasteiger partial charge in [-0.2, -0.15) is 0 Å². The van der Waals surface area contributed by atoms with Crippen molar-refractivity contribution in [3.05, 3.63) is 69.8 Å². The predicted octanol–water partition coefficient (Wildman–Crippen LogP) is 3.00. The normalized spacial score (nSPS) is 10.5. The number of rotatable bonds is 8. The van der Waals surface area contributed by atoms with Crippen molar-refractivity contribution in [3.8, 4) is 5.75 Å². The summed E-state index contributed by atoms with van der Waals surface area (Å²) in [6, 6.07) is 11.1. The number of hydrogen-bond donors (Lipinski definition) is 1. The zero-order valence-corrected chi connectivity index (χ0v) is 15.8. The third-order valence-corrected chi connectivity index (χ3v) is 3.91. The summed E-state index contributed by atoms with van der Waals surface area (Å²) < 4.78 is 5.36. The van der Waals surface area contributed by atoms with Crippen molar-refractivity contribution in [2.24, 2.45) is 0 Å². The summed E-state index contributed by atoms with van der Waals surface area (Å²) in [6.07, 6.45) is 2.87. The first kappa shape index (κ1) is 20.6. The Morgan fingerprint density at radius 2 is 1.86 bits per heavy atom. The molecule has 0 radical (unpaired) electrons. The molecule has 0 saturated heterocycles. The van der Waals surface area contributed by atoms with Crippen molar-refractivity contribution in [2.45, 2.75) is 0 Å². The maximum atomic E-state index is 12.3. The van der Waals surface area contributed by atoms with Crippen molar-refractivity contribution in [3.63, 3.8) is 0 Å². The van der Waals surface area contributed by atoms with Crippen LogP contribution < -0.4 is 10.1 Å². The summed E-state index contributed by atoms with van der Waals surface area (Å²) >= 11 is 0. The van der Waals surface area contributed by atoms with Crippen molar-refractivity contribution >= 4 is 29.1 Å². The number of nitrogens with zero attached hydrogens (tertiary/aromatic N) is 2. The Bertz CT molecular complexity index is 905. The van der Waals surface area contributed by atoms with E-state index >= 15 is 0 Å². The first-order valence-corrected chi connectivity index (χ1v) is 8.43. The molecule has 2 aromatic carbocycles. The molecule has 2 aromatic rings. The van der Waals surface area contributed by atoms with Crippen LogP contribution in [0.25, 0.3) is 6.08 Å². The lowest BCUT2D eigenvalue weighted by atomic mass is 10.1. The molecule has 28 heavy (non-hydrogen) atoms. The number of hydrogen-bond acceptors (Lipinski definition) is 6. The highest BCUT2D eigenvalue weighted by molar-refractivity contribution is 6.06. The molecule has 8 nitrogen and oxygen atoms in total. The molecular formula is C20H21N3O5. The van der Waals surface area contributed by atoms with Gasteiger partial charge in [0.15, 0.2) is 12.4 Å². The molecule has 0 bridgehead atoms. The minimum absolute atomic E-state index is 0.0640. The van der Waals surface area contributed by atoms with E-state index < -0.39 is 4.92 Å². The first-order chi connectivity index (χ1) is 13.3. The summed E-state index contributed by atoms with van der Waals surface area (Å²) in [5, 5.41) is 13.9. The Labute approximate surface area is 162 Å². The number of carbonyl (C=O) groups excluding carboxylic acids is 2. The van der Waals surface area contributed by atoms with Crippen LogP contribution in [-0.2, 0) is 4.79 Å². The van der Waals surface area contributed by atoms with E-state index in [0.29, 0.717) is 22.6 Å². The molecule has 0 aromatic heterocycles. The summed E-state index contributed by atoms with van der Waals surface area (Å²) in [5.41, 5.74) is 1.31. The van der Waals surface area contributed by atoms with E-state index in [1.54, 1.807) is 57.5 Å². The summed E-state index contributed by atoms with van der Waals surface area (Å²) in [4.78, 5) is 35.8. The van der Waals surface area contributed by atoms with Crippen LogP contribution in [0.2, 0.25) is 0 Å². The molecule has 0 unspecified atom stereocenters. The van der Waals surface area contributed by atoms with Crippen LogP contribution >= 0.6 is 0 Å². The molecule has 0 heterocycles. The van der Waals surface area contributed by atoms with Crippen LogP contribution in [0.15, 0.2) is 48.5 Å². The fourth-order valence-electron chi connectivity index (χ4n) is 2.27. The van der Waals surface area contributed by atoms with E-state index in [1.165, 1.54) is 23.1 Å². The Morgan fingerprint density at radius 3 is 2.43 bits per heavy atom. The van der Waals surface area contributed by atoms with Crippen LogP contribution in [0.3, 0.4) is 0 Å². The number of allylic oxidation sites excluding steroid dienone is 1. The van der Waals surface area contributed by atoms with Gasteiger partial charge in [-0.25, -0.2) is 0 Å². The lowest BCUT2D eigenvalue weighted by molar-refractivity contribution is -0.384. The minimum atomic E-state index is -0.481. The number of likely N-dealkylation sites (N-methyl/N-ethyl adjacent to an activating group) is 1. The molecule has 0 atom stereocenters. The Kier molecular flexibility index (Phi) is 6.86. The van der Waals surface area contributed by atoms with E-state index in [1.807, 2.05) is 0 Å². The Morgan fingerprint density at radius 1 is 1.18 bits per heavy atom. The Hall–Kier alpha value is -3.68. The average molecular weight is 383 g/mol. The van der Waals surface area contributed by atoms with Crippen molar-refractivity contribution in [1.29, 1.82) is 0 Å². The van der Waals surface area contributed by atoms with Gasteiger partial charge >= 0.3 is 0 Å². The number of amides is 1. The van der Waals surface area contributed by atoms with Gasteiger partial charge in [-0.1, -0.05) is 12.1 Å². The molecule has 0 fully saturated rings. The zero-order valence-electron chi connectivity index (χ0n) is 15.8. The molecule has 0 saturated carbocycles. The summed E-state index contributed by atoms with van der Waals surface area (Å²) in [6.45, 7) is -0.0818. The molecule has 1 amide bonds. The number of nitro benzene ring substituents is 1.